The van der Waals surface area contributed by atoms with Crippen LogP contribution in [0.25, 0.3) is 0 Å². The molecule has 0 bridgehead atoms. The number of hydrogen-bond donors (Lipinski definition) is 0. The fourth-order valence-electron chi connectivity index (χ4n) is 0.963. The lowest BCUT2D eigenvalue weighted by Gasteiger charge is -2.00. The van der Waals surface area contributed by atoms with Gasteiger partial charge in [0.25, 0.3) is 5.09 Å². The average molecular weight is 195 g/mol. The van der Waals surface area contributed by atoms with Gasteiger partial charge in [-0.25, -0.2) is 0 Å². The van der Waals surface area contributed by atoms with Gasteiger partial charge in [-0.15, -0.1) is 10.1 Å². The quantitative estimate of drug-likeness (QED) is 0.415. The first kappa shape index (κ1) is 10.2. The summed E-state index contributed by atoms with van der Waals surface area (Å²) in [6.07, 6.45) is 0. The monoisotopic (exact) mass is 195 g/mol. The summed E-state index contributed by atoms with van der Waals surface area (Å²) in [5.41, 5.74) is 1.24. The number of Topliss-reactive ketones (excluding diaryl/α,β-unsaturated/α-hetero) is 1. The number of carbonyl (C=O) groups excluding carboxylic acids is 1. The van der Waals surface area contributed by atoms with E-state index in [1.807, 2.05) is 0 Å². The molecule has 0 aromatic heterocycles. The Labute approximate surface area is 80.4 Å². The summed E-state index contributed by atoms with van der Waals surface area (Å²) in [7, 11) is 0. The molecule has 0 unspecified atom stereocenters. The zero-order valence-electron chi connectivity index (χ0n) is 7.60. The van der Waals surface area contributed by atoms with E-state index in [0.29, 0.717) is 11.1 Å². The van der Waals surface area contributed by atoms with Crippen molar-refractivity contribution in [3.63, 3.8) is 0 Å². The molecule has 74 valence electrons. The first-order valence-electron chi connectivity index (χ1n) is 3.97. The van der Waals surface area contributed by atoms with Gasteiger partial charge in [-0.2, -0.15) is 0 Å². The fraction of sp³-hybridized carbons (Fsp3) is 0.222. The van der Waals surface area contributed by atoms with Crippen LogP contribution < -0.4 is 0 Å². The van der Waals surface area contributed by atoms with Gasteiger partial charge in [0, 0.05) is 5.56 Å². The van der Waals surface area contributed by atoms with Crippen molar-refractivity contribution in [2.45, 2.75) is 13.5 Å². The maximum absolute atomic E-state index is 10.9. The summed E-state index contributed by atoms with van der Waals surface area (Å²) in [6, 6.07) is 6.47. The van der Waals surface area contributed by atoms with Crippen LogP contribution in [0.2, 0.25) is 0 Å². The molecule has 1 aromatic rings. The maximum atomic E-state index is 10.9. The van der Waals surface area contributed by atoms with Gasteiger partial charge in [0.1, 0.15) is 6.61 Å². The Hall–Kier alpha value is -1.91. The van der Waals surface area contributed by atoms with Crippen molar-refractivity contribution in [3.05, 3.63) is 45.5 Å². The molecule has 1 aromatic carbocycles. The summed E-state index contributed by atoms with van der Waals surface area (Å²) in [5.74, 6) is -0.0354. The number of benzene rings is 1. The normalized spacial score (nSPS) is 9.50. The van der Waals surface area contributed by atoms with Crippen molar-refractivity contribution in [3.8, 4) is 0 Å². The van der Waals surface area contributed by atoms with Crippen LogP contribution in [-0.4, -0.2) is 10.9 Å². The van der Waals surface area contributed by atoms with Crippen LogP contribution in [0.3, 0.4) is 0 Å². The van der Waals surface area contributed by atoms with Crippen molar-refractivity contribution in [2.75, 3.05) is 0 Å². The van der Waals surface area contributed by atoms with Crippen molar-refractivity contribution in [1.29, 1.82) is 0 Å². The molecule has 0 saturated heterocycles. The highest BCUT2D eigenvalue weighted by molar-refractivity contribution is 5.93. The van der Waals surface area contributed by atoms with Gasteiger partial charge in [-0.05, 0) is 12.5 Å². The highest BCUT2D eigenvalue weighted by Crippen LogP contribution is 2.06. The summed E-state index contributed by atoms with van der Waals surface area (Å²) in [6.45, 7) is 1.37. The third-order valence-electron chi connectivity index (χ3n) is 1.70. The van der Waals surface area contributed by atoms with Gasteiger partial charge in [0.2, 0.25) is 0 Å². The Balaban J connectivity index is 2.64. The van der Waals surface area contributed by atoms with Crippen LogP contribution in [0, 0.1) is 10.1 Å². The van der Waals surface area contributed by atoms with E-state index in [1.54, 1.807) is 24.3 Å². The molecule has 0 N–H and O–H groups in total. The lowest BCUT2D eigenvalue weighted by atomic mass is 10.1. The maximum Gasteiger partial charge on any atom is 0.294 e. The van der Waals surface area contributed by atoms with Gasteiger partial charge < -0.3 is 4.84 Å². The Morgan fingerprint density at radius 3 is 2.43 bits per heavy atom. The third kappa shape index (κ3) is 2.85. The molecule has 0 saturated carbocycles. The number of nitrogens with zero attached hydrogens (tertiary/aromatic N) is 1. The van der Waals surface area contributed by atoms with E-state index in [-0.39, 0.29) is 12.4 Å². The van der Waals surface area contributed by atoms with Crippen LogP contribution in [0.5, 0.6) is 0 Å². The van der Waals surface area contributed by atoms with Crippen molar-refractivity contribution < 1.29 is 14.7 Å². The van der Waals surface area contributed by atoms with E-state index >= 15 is 0 Å². The van der Waals surface area contributed by atoms with Gasteiger partial charge >= 0.3 is 0 Å². The first-order chi connectivity index (χ1) is 6.59. The highest BCUT2D eigenvalue weighted by Gasteiger charge is 2.00. The van der Waals surface area contributed by atoms with Gasteiger partial charge in [0.05, 0.1) is 0 Å². The molecule has 5 heteroatoms. The molecule has 0 aliphatic carbocycles. The topological polar surface area (TPSA) is 69.4 Å². The van der Waals surface area contributed by atoms with Crippen molar-refractivity contribution in [2.24, 2.45) is 0 Å². The Morgan fingerprint density at radius 2 is 2.00 bits per heavy atom. The summed E-state index contributed by atoms with van der Waals surface area (Å²) >= 11 is 0. The second-order valence-corrected chi connectivity index (χ2v) is 2.75. The molecule has 1 rings (SSSR count). The molecule has 14 heavy (non-hydrogen) atoms. The van der Waals surface area contributed by atoms with Gasteiger partial charge in [-0.1, -0.05) is 24.3 Å². The molecular weight excluding hydrogens is 186 g/mol. The van der Waals surface area contributed by atoms with Crippen LogP contribution in [0.1, 0.15) is 22.8 Å². The lowest BCUT2D eigenvalue weighted by molar-refractivity contribution is -0.763. The minimum Gasteiger partial charge on any atom is -0.309 e. The van der Waals surface area contributed by atoms with Crippen LogP contribution >= 0.6 is 0 Å². The Kier molecular flexibility index (Phi) is 3.17. The van der Waals surface area contributed by atoms with E-state index in [4.69, 9.17) is 0 Å². The second kappa shape index (κ2) is 4.36. The average Bonchev–Trinajstić information content (AvgIpc) is 2.15. The SMILES string of the molecule is CC(=O)c1ccc(CO[N+](=O)[O-])cc1. The summed E-state index contributed by atoms with van der Waals surface area (Å²) in [5, 5.41) is 9.03. The molecule has 0 aliphatic rings. The van der Waals surface area contributed by atoms with E-state index in [9.17, 15) is 14.9 Å². The van der Waals surface area contributed by atoms with E-state index in [0.717, 1.165) is 0 Å². The summed E-state index contributed by atoms with van der Waals surface area (Å²) in [4.78, 5) is 24.9. The second-order valence-electron chi connectivity index (χ2n) is 2.75. The van der Waals surface area contributed by atoms with Crippen LogP contribution in [0.4, 0.5) is 0 Å². The van der Waals surface area contributed by atoms with Crippen molar-refractivity contribution >= 4 is 5.78 Å². The standard InChI is InChI=1S/C9H9NO4/c1-7(11)9-4-2-8(3-5-9)6-14-10(12)13/h2-5H,6H2,1H3. The molecule has 0 amide bonds. The Bertz CT molecular complexity index is 344. The largest absolute Gasteiger partial charge is 0.309 e. The van der Waals surface area contributed by atoms with Crippen molar-refractivity contribution in [1.82, 2.24) is 0 Å². The van der Waals surface area contributed by atoms with Crippen LogP contribution in [-0.2, 0) is 11.4 Å². The van der Waals surface area contributed by atoms with Crippen LogP contribution in [0.15, 0.2) is 24.3 Å². The molecule has 0 heterocycles. The highest BCUT2D eigenvalue weighted by atomic mass is 16.9. The predicted molar refractivity (Wildman–Crippen MR) is 48.2 cm³/mol. The van der Waals surface area contributed by atoms with Gasteiger partial charge in [0.15, 0.2) is 5.78 Å². The number of ketones is 1. The zero-order chi connectivity index (χ0) is 10.6. The third-order valence-corrected chi connectivity index (χ3v) is 1.70. The summed E-state index contributed by atoms with van der Waals surface area (Å²) < 4.78 is 0. The Morgan fingerprint density at radius 1 is 1.43 bits per heavy atom. The molecule has 0 fully saturated rings. The molecule has 0 radical (unpaired) electrons. The molecule has 0 atom stereocenters. The minimum absolute atomic E-state index is 0.0354. The van der Waals surface area contributed by atoms with E-state index in [1.165, 1.54) is 6.92 Å². The predicted octanol–water partition coefficient (Wildman–Crippen LogP) is 1.60. The molecule has 0 spiro atoms. The van der Waals surface area contributed by atoms with Gasteiger partial charge in [-0.3, -0.25) is 4.79 Å². The smallest absolute Gasteiger partial charge is 0.294 e. The van der Waals surface area contributed by atoms with E-state index < -0.39 is 5.09 Å². The first-order valence-corrected chi connectivity index (χ1v) is 3.97. The minimum atomic E-state index is -0.848. The molecule has 5 nitrogen and oxygen atoms in total. The lowest BCUT2D eigenvalue weighted by Crippen LogP contribution is -2.00. The molecule has 0 aliphatic heterocycles. The number of rotatable bonds is 4. The number of carbonyl (C=O) groups is 1. The number of hydrogen-bond acceptors (Lipinski definition) is 4. The zero-order valence-corrected chi connectivity index (χ0v) is 7.60. The molecular formula is C9H9NO4. The van der Waals surface area contributed by atoms with E-state index in [2.05, 4.69) is 4.84 Å². The fourth-order valence-corrected chi connectivity index (χ4v) is 0.963.